The van der Waals surface area contributed by atoms with Crippen molar-refractivity contribution >= 4 is 29.2 Å². The Morgan fingerprint density at radius 2 is 2.00 bits per heavy atom. The lowest BCUT2D eigenvalue weighted by atomic mass is 10.2. The van der Waals surface area contributed by atoms with E-state index >= 15 is 0 Å². The van der Waals surface area contributed by atoms with E-state index in [4.69, 9.17) is 16.7 Å². The van der Waals surface area contributed by atoms with Crippen molar-refractivity contribution in [1.29, 1.82) is 0 Å². The van der Waals surface area contributed by atoms with Gasteiger partial charge in [-0.15, -0.1) is 0 Å². The molecule has 7 heteroatoms. The number of hydrogen-bond donors (Lipinski definition) is 3. The quantitative estimate of drug-likeness (QED) is 0.806. The fourth-order valence-corrected chi connectivity index (χ4v) is 1.76. The number of benzene rings is 1. The number of hydrogen-bond acceptors (Lipinski definition) is 4. The molecule has 2 rings (SSSR count). The molecule has 1 amide bonds. The molecule has 0 aliphatic rings. The molecule has 0 saturated heterocycles. The van der Waals surface area contributed by atoms with Crippen LogP contribution in [0.25, 0.3) is 0 Å². The molecule has 6 nitrogen and oxygen atoms in total. The largest absolute Gasteiger partial charge is 0.508 e. The maximum absolute atomic E-state index is 12.0. The Morgan fingerprint density at radius 1 is 1.25 bits per heavy atom. The molecular weight excluding hydrogens is 284 g/mol. The van der Waals surface area contributed by atoms with Gasteiger partial charge in [0.2, 0.25) is 0 Å². The van der Waals surface area contributed by atoms with Crippen LogP contribution in [0.15, 0.2) is 36.5 Å². The van der Waals surface area contributed by atoms with Gasteiger partial charge in [-0.05, 0) is 30.3 Å². The second kappa shape index (κ2) is 5.58. The Hall–Kier alpha value is -2.60. The number of aromatic carboxylic acids is 1. The Kier molecular flexibility index (Phi) is 3.86. The summed E-state index contributed by atoms with van der Waals surface area (Å²) in [5.74, 6) is -2.02. The van der Waals surface area contributed by atoms with Crippen molar-refractivity contribution in [3.8, 4) is 5.75 Å². The number of anilines is 1. The number of rotatable bonds is 3. The van der Waals surface area contributed by atoms with Crippen LogP contribution in [0, 0.1) is 0 Å². The van der Waals surface area contributed by atoms with Crippen molar-refractivity contribution in [2.45, 2.75) is 0 Å². The normalized spacial score (nSPS) is 10.1. The Balaban J connectivity index is 2.33. The van der Waals surface area contributed by atoms with Crippen LogP contribution in [-0.2, 0) is 0 Å². The van der Waals surface area contributed by atoms with E-state index in [9.17, 15) is 14.7 Å². The van der Waals surface area contributed by atoms with Crippen LogP contribution in [-0.4, -0.2) is 27.1 Å². The van der Waals surface area contributed by atoms with Crippen LogP contribution >= 0.6 is 11.6 Å². The van der Waals surface area contributed by atoms with Gasteiger partial charge in [0, 0.05) is 6.20 Å². The van der Waals surface area contributed by atoms with Gasteiger partial charge >= 0.3 is 5.97 Å². The van der Waals surface area contributed by atoms with Gasteiger partial charge in [0.25, 0.3) is 5.91 Å². The van der Waals surface area contributed by atoms with Crippen molar-refractivity contribution < 1.29 is 19.8 Å². The van der Waals surface area contributed by atoms with E-state index in [0.717, 1.165) is 0 Å². The number of aromatic hydroxyl groups is 1. The average molecular weight is 293 g/mol. The molecule has 0 radical (unpaired) electrons. The first-order valence-electron chi connectivity index (χ1n) is 5.47. The number of pyridine rings is 1. The predicted octanol–water partition coefficient (Wildman–Crippen LogP) is 2.39. The summed E-state index contributed by atoms with van der Waals surface area (Å²) in [6, 6.07) is 6.80. The van der Waals surface area contributed by atoms with Crippen LogP contribution < -0.4 is 5.32 Å². The highest BCUT2D eigenvalue weighted by atomic mass is 35.5. The summed E-state index contributed by atoms with van der Waals surface area (Å²) in [7, 11) is 0. The molecule has 1 aromatic carbocycles. The van der Waals surface area contributed by atoms with Crippen molar-refractivity contribution in [3.63, 3.8) is 0 Å². The SMILES string of the molecule is O=C(Nc1cccnc1C(=O)O)c1cc(O)ccc1Cl. The minimum atomic E-state index is -1.26. The number of halogens is 1. The third kappa shape index (κ3) is 2.86. The predicted molar refractivity (Wildman–Crippen MR) is 72.3 cm³/mol. The highest BCUT2D eigenvalue weighted by Gasteiger charge is 2.16. The fraction of sp³-hybridized carbons (Fsp3) is 0. The molecule has 0 aliphatic heterocycles. The maximum Gasteiger partial charge on any atom is 0.356 e. The summed E-state index contributed by atoms with van der Waals surface area (Å²) in [6.07, 6.45) is 1.31. The lowest BCUT2D eigenvalue weighted by Gasteiger charge is -2.08. The minimum Gasteiger partial charge on any atom is -0.508 e. The second-order valence-electron chi connectivity index (χ2n) is 3.82. The lowest BCUT2D eigenvalue weighted by Crippen LogP contribution is -2.16. The van der Waals surface area contributed by atoms with Crippen LogP contribution in [0.3, 0.4) is 0 Å². The zero-order chi connectivity index (χ0) is 14.7. The van der Waals surface area contributed by atoms with Gasteiger partial charge in [-0.1, -0.05) is 11.6 Å². The van der Waals surface area contributed by atoms with E-state index in [1.54, 1.807) is 0 Å². The fourth-order valence-electron chi connectivity index (χ4n) is 1.55. The summed E-state index contributed by atoms with van der Waals surface area (Å²) in [6.45, 7) is 0. The van der Waals surface area contributed by atoms with E-state index < -0.39 is 11.9 Å². The Bertz CT molecular complexity index is 688. The highest BCUT2D eigenvalue weighted by molar-refractivity contribution is 6.34. The van der Waals surface area contributed by atoms with Crippen LogP contribution in [0.4, 0.5) is 5.69 Å². The molecule has 20 heavy (non-hydrogen) atoms. The van der Waals surface area contributed by atoms with E-state index in [1.807, 2.05) is 0 Å². The molecule has 1 aromatic heterocycles. The number of amides is 1. The molecule has 0 unspecified atom stereocenters. The van der Waals surface area contributed by atoms with Gasteiger partial charge in [-0.25, -0.2) is 9.78 Å². The van der Waals surface area contributed by atoms with Crippen molar-refractivity contribution in [3.05, 3.63) is 52.8 Å². The molecule has 0 bridgehead atoms. The van der Waals surface area contributed by atoms with E-state index in [2.05, 4.69) is 10.3 Å². The number of aromatic nitrogens is 1. The van der Waals surface area contributed by atoms with Crippen molar-refractivity contribution in [1.82, 2.24) is 4.98 Å². The van der Waals surface area contributed by atoms with Gasteiger partial charge in [0.05, 0.1) is 16.3 Å². The smallest absolute Gasteiger partial charge is 0.356 e. The molecule has 0 saturated carbocycles. The molecule has 0 aliphatic carbocycles. The van der Waals surface area contributed by atoms with Gasteiger partial charge in [-0.2, -0.15) is 0 Å². The number of carboxylic acid groups (broad SMARTS) is 1. The molecule has 0 fully saturated rings. The summed E-state index contributed by atoms with van der Waals surface area (Å²) >= 11 is 5.86. The van der Waals surface area contributed by atoms with Gasteiger partial charge in [0.1, 0.15) is 5.75 Å². The van der Waals surface area contributed by atoms with Crippen LogP contribution in [0.5, 0.6) is 5.75 Å². The van der Waals surface area contributed by atoms with Crippen molar-refractivity contribution in [2.75, 3.05) is 5.32 Å². The van der Waals surface area contributed by atoms with Crippen LogP contribution in [0.2, 0.25) is 5.02 Å². The Labute approximate surface area is 118 Å². The zero-order valence-corrected chi connectivity index (χ0v) is 10.8. The number of carbonyl (C=O) groups excluding carboxylic acids is 1. The summed E-state index contributed by atoms with van der Waals surface area (Å²) < 4.78 is 0. The second-order valence-corrected chi connectivity index (χ2v) is 4.23. The first kappa shape index (κ1) is 13.8. The molecule has 102 valence electrons. The molecule has 2 aromatic rings. The monoisotopic (exact) mass is 292 g/mol. The molecule has 0 spiro atoms. The molecular formula is C13H9ClN2O4. The lowest BCUT2D eigenvalue weighted by molar-refractivity contribution is 0.0691. The number of nitrogens with one attached hydrogen (secondary N) is 1. The number of phenolic OH excluding ortho intramolecular Hbond substituents is 1. The molecule has 1 heterocycles. The third-order valence-electron chi connectivity index (χ3n) is 2.45. The maximum atomic E-state index is 12.0. The number of phenols is 1. The van der Waals surface area contributed by atoms with Gasteiger partial charge < -0.3 is 15.5 Å². The van der Waals surface area contributed by atoms with Crippen LogP contribution in [0.1, 0.15) is 20.8 Å². The molecule has 0 atom stereocenters. The first-order chi connectivity index (χ1) is 9.49. The van der Waals surface area contributed by atoms with Crippen molar-refractivity contribution in [2.24, 2.45) is 0 Å². The average Bonchev–Trinajstić information content (AvgIpc) is 2.41. The summed E-state index contributed by atoms with van der Waals surface area (Å²) in [4.78, 5) is 26.7. The van der Waals surface area contributed by atoms with E-state index in [-0.39, 0.29) is 27.7 Å². The van der Waals surface area contributed by atoms with Gasteiger partial charge in [0.15, 0.2) is 5.69 Å². The minimum absolute atomic E-state index is 0.0341. The van der Waals surface area contributed by atoms with Gasteiger partial charge in [-0.3, -0.25) is 4.79 Å². The van der Waals surface area contributed by atoms with E-state index in [0.29, 0.717) is 0 Å². The molecule has 3 N–H and O–H groups in total. The third-order valence-corrected chi connectivity index (χ3v) is 2.78. The number of carbonyl (C=O) groups is 2. The summed E-state index contributed by atoms with van der Waals surface area (Å²) in [5.41, 5.74) is -0.201. The standard InChI is InChI=1S/C13H9ClN2O4/c14-9-4-3-7(17)6-8(9)12(18)16-10-2-1-5-15-11(10)13(19)20/h1-6,17H,(H,16,18)(H,19,20). The number of nitrogens with zero attached hydrogens (tertiary/aromatic N) is 1. The summed E-state index contributed by atoms with van der Waals surface area (Å²) in [5, 5.41) is 20.9. The zero-order valence-electron chi connectivity index (χ0n) is 10.0. The topological polar surface area (TPSA) is 99.5 Å². The Morgan fingerprint density at radius 3 is 2.70 bits per heavy atom. The highest BCUT2D eigenvalue weighted by Crippen LogP contribution is 2.23. The van der Waals surface area contributed by atoms with E-state index in [1.165, 1.54) is 36.5 Å². The first-order valence-corrected chi connectivity index (χ1v) is 5.85. The number of carboxylic acids is 1.